The Morgan fingerprint density at radius 2 is 2.20 bits per heavy atom. The standard InChI is InChI=1S/C11H15N3O5S/c15-10-3-1-2-8(10)6-13-20(18,19)9-4-5-11(12-7-9)14(16)17/h4-5,7-8,10,13,15H,1-3,6H2. The van der Waals surface area contributed by atoms with Gasteiger partial charge in [-0.3, -0.25) is 0 Å². The molecule has 0 amide bonds. The summed E-state index contributed by atoms with van der Waals surface area (Å²) in [5.74, 6) is -0.494. The Kier molecular flexibility index (Phi) is 4.31. The molecule has 2 unspecified atom stereocenters. The zero-order chi connectivity index (χ0) is 14.8. The van der Waals surface area contributed by atoms with E-state index in [0.717, 1.165) is 31.2 Å². The van der Waals surface area contributed by atoms with Crippen LogP contribution in [-0.2, 0) is 10.0 Å². The van der Waals surface area contributed by atoms with Gasteiger partial charge in [0.25, 0.3) is 0 Å². The highest BCUT2D eigenvalue weighted by atomic mass is 32.2. The highest BCUT2D eigenvalue weighted by Crippen LogP contribution is 2.25. The fraction of sp³-hybridized carbons (Fsp3) is 0.545. The van der Waals surface area contributed by atoms with Crippen LogP contribution in [0.5, 0.6) is 0 Å². The Labute approximate surface area is 116 Å². The number of aliphatic hydroxyl groups excluding tert-OH is 1. The van der Waals surface area contributed by atoms with Gasteiger partial charge in [0.1, 0.15) is 4.90 Å². The van der Waals surface area contributed by atoms with E-state index in [0.29, 0.717) is 6.42 Å². The second-order valence-corrected chi connectivity index (χ2v) is 6.49. The van der Waals surface area contributed by atoms with Crippen molar-refractivity contribution in [3.63, 3.8) is 0 Å². The predicted molar refractivity (Wildman–Crippen MR) is 69.4 cm³/mol. The van der Waals surface area contributed by atoms with Crippen molar-refractivity contribution in [1.82, 2.24) is 9.71 Å². The van der Waals surface area contributed by atoms with Gasteiger partial charge in [-0.25, -0.2) is 13.1 Å². The molecule has 0 radical (unpaired) electrons. The Bertz CT molecular complexity index is 587. The Morgan fingerprint density at radius 3 is 2.70 bits per heavy atom. The highest BCUT2D eigenvalue weighted by Gasteiger charge is 2.27. The van der Waals surface area contributed by atoms with E-state index < -0.39 is 26.9 Å². The maximum absolute atomic E-state index is 12.0. The molecular weight excluding hydrogens is 286 g/mol. The molecule has 20 heavy (non-hydrogen) atoms. The fourth-order valence-electron chi connectivity index (χ4n) is 2.19. The van der Waals surface area contributed by atoms with Gasteiger partial charge in [-0.2, -0.15) is 0 Å². The van der Waals surface area contributed by atoms with E-state index in [9.17, 15) is 23.6 Å². The van der Waals surface area contributed by atoms with Crippen molar-refractivity contribution in [2.75, 3.05) is 6.54 Å². The third-order valence-corrected chi connectivity index (χ3v) is 4.78. The molecule has 0 saturated heterocycles. The van der Waals surface area contributed by atoms with E-state index in [1.165, 1.54) is 0 Å². The average molecular weight is 301 g/mol. The zero-order valence-electron chi connectivity index (χ0n) is 10.6. The smallest absolute Gasteiger partial charge is 0.363 e. The third kappa shape index (κ3) is 3.30. The summed E-state index contributed by atoms with van der Waals surface area (Å²) in [6.45, 7) is 0.153. The summed E-state index contributed by atoms with van der Waals surface area (Å²) in [6, 6.07) is 2.18. The molecule has 0 bridgehead atoms. The first kappa shape index (κ1) is 14.8. The van der Waals surface area contributed by atoms with Crippen molar-refractivity contribution < 1.29 is 18.4 Å². The SMILES string of the molecule is O=[N+]([O-])c1ccc(S(=O)(=O)NCC2CCCC2O)cn1. The van der Waals surface area contributed by atoms with Gasteiger partial charge in [-0.1, -0.05) is 6.42 Å². The van der Waals surface area contributed by atoms with Crippen molar-refractivity contribution in [2.24, 2.45) is 5.92 Å². The van der Waals surface area contributed by atoms with Crippen LogP contribution < -0.4 is 4.72 Å². The van der Waals surface area contributed by atoms with Gasteiger partial charge in [0.05, 0.1) is 6.10 Å². The molecule has 0 spiro atoms. The molecule has 1 saturated carbocycles. The number of aliphatic hydroxyl groups is 1. The molecule has 0 aromatic carbocycles. The van der Waals surface area contributed by atoms with E-state index in [-0.39, 0.29) is 17.4 Å². The topological polar surface area (TPSA) is 122 Å². The minimum atomic E-state index is -3.76. The molecule has 1 aromatic heterocycles. The summed E-state index contributed by atoms with van der Waals surface area (Å²) in [4.78, 5) is 13.1. The summed E-state index contributed by atoms with van der Waals surface area (Å²) in [7, 11) is -3.76. The molecular formula is C11H15N3O5S. The normalized spacial score (nSPS) is 22.9. The lowest BCUT2D eigenvalue weighted by molar-refractivity contribution is -0.389. The molecule has 1 aliphatic carbocycles. The Hall–Kier alpha value is -1.58. The highest BCUT2D eigenvalue weighted by molar-refractivity contribution is 7.89. The van der Waals surface area contributed by atoms with Crippen LogP contribution in [0.15, 0.2) is 23.2 Å². The number of nitro groups is 1. The van der Waals surface area contributed by atoms with Gasteiger partial charge in [-0.15, -0.1) is 0 Å². The molecule has 1 heterocycles. The van der Waals surface area contributed by atoms with E-state index in [4.69, 9.17) is 0 Å². The monoisotopic (exact) mass is 301 g/mol. The van der Waals surface area contributed by atoms with E-state index in [1.807, 2.05) is 0 Å². The largest absolute Gasteiger partial charge is 0.393 e. The second-order valence-electron chi connectivity index (χ2n) is 4.72. The van der Waals surface area contributed by atoms with Crippen LogP contribution in [0.4, 0.5) is 5.82 Å². The van der Waals surface area contributed by atoms with Crippen molar-refractivity contribution in [3.05, 3.63) is 28.4 Å². The number of aromatic nitrogens is 1. The number of nitrogens with zero attached hydrogens (tertiary/aromatic N) is 2. The van der Waals surface area contributed by atoms with Gasteiger partial charge in [-0.05, 0) is 34.7 Å². The van der Waals surface area contributed by atoms with Gasteiger partial charge >= 0.3 is 5.82 Å². The van der Waals surface area contributed by atoms with Crippen LogP contribution in [0.25, 0.3) is 0 Å². The van der Waals surface area contributed by atoms with Crippen molar-refractivity contribution in [1.29, 1.82) is 0 Å². The minimum absolute atomic E-state index is 0.0872. The third-order valence-electron chi connectivity index (χ3n) is 3.37. The van der Waals surface area contributed by atoms with Gasteiger partial charge < -0.3 is 15.2 Å². The number of sulfonamides is 1. The molecule has 1 aliphatic rings. The summed E-state index contributed by atoms with van der Waals surface area (Å²) in [5, 5.41) is 20.1. The van der Waals surface area contributed by atoms with Gasteiger partial charge in [0.2, 0.25) is 10.0 Å². The lowest BCUT2D eigenvalue weighted by Crippen LogP contribution is -2.32. The first-order valence-electron chi connectivity index (χ1n) is 6.18. The van der Waals surface area contributed by atoms with Crippen LogP contribution in [-0.4, -0.2) is 36.1 Å². The number of nitrogens with one attached hydrogen (secondary N) is 1. The second kappa shape index (κ2) is 5.81. The van der Waals surface area contributed by atoms with E-state index >= 15 is 0 Å². The summed E-state index contributed by atoms with van der Waals surface area (Å²) >= 11 is 0. The molecule has 1 fully saturated rings. The summed E-state index contributed by atoms with van der Waals surface area (Å²) in [5.41, 5.74) is 0. The number of pyridine rings is 1. The minimum Gasteiger partial charge on any atom is -0.393 e. The van der Waals surface area contributed by atoms with Crippen molar-refractivity contribution in [2.45, 2.75) is 30.3 Å². The van der Waals surface area contributed by atoms with E-state index in [2.05, 4.69) is 9.71 Å². The molecule has 8 nitrogen and oxygen atoms in total. The molecule has 2 atom stereocenters. The first-order chi connectivity index (χ1) is 9.40. The zero-order valence-corrected chi connectivity index (χ0v) is 11.4. The molecule has 0 aliphatic heterocycles. The molecule has 2 N–H and O–H groups in total. The number of hydrogen-bond acceptors (Lipinski definition) is 6. The van der Waals surface area contributed by atoms with Gasteiger partial charge in [0.15, 0.2) is 6.20 Å². The van der Waals surface area contributed by atoms with E-state index in [1.54, 1.807) is 0 Å². The van der Waals surface area contributed by atoms with Crippen LogP contribution in [0.2, 0.25) is 0 Å². The molecule has 9 heteroatoms. The average Bonchev–Trinajstić information content (AvgIpc) is 2.82. The van der Waals surface area contributed by atoms with Crippen LogP contribution >= 0.6 is 0 Å². The predicted octanol–water partition coefficient (Wildman–Crippen LogP) is 0.429. The lowest BCUT2D eigenvalue weighted by atomic mass is 10.1. The number of rotatable bonds is 5. The summed E-state index contributed by atoms with van der Waals surface area (Å²) in [6.07, 6.45) is 2.82. The lowest BCUT2D eigenvalue weighted by Gasteiger charge is -2.14. The maximum atomic E-state index is 12.0. The van der Waals surface area contributed by atoms with Crippen molar-refractivity contribution >= 4 is 15.8 Å². The van der Waals surface area contributed by atoms with Crippen LogP contribution in [0, 0.1) is 16.0 Å². The fourth-order valence-corrected chi connectivity index (χ4v) is 3.23. The van der Waals surface area contributed by atoms with Crippen LogP contribution in [0.3, 0.4) is 0 Å². The first-order valence-corrected chi connectivity index (χ1v) is 7.66. The van der Waals surface area contributed by atoms with Crippen molar-refractivity contribution in [3.8, 4) is 0 Å². The Morgan fingerprint density at radius 1 is 1.45 bits per heavy atom. The summed E-state index contributed by atoms with van der Waals surface area (Å²) < 4.78 is 26.3. The van der Waals surface area contributed by atoms with Gasteiger partial charge in [0, 0.05) is 12.6 Å². The number of hydrogen-bond donors (Lipinski definition) is 2. The molecule has 110 valence electrons. The maximum Gasteiger partial charge on any atom is 0.363 e. The Balaban J connectivity index is 2.04. The van der Waals surface area contributed by atoms with Crippen LogP contribution in [0.1, 0.15) is 19.3 Å². The quantitative estimate of drug-likeness (QED) is 0.600. The molecule has 2 rings (SSSR count). The molecule has 1 aromatic rings.